The number of carbonyl (C=O) groups excluding carboxylic acids is 1. The number of nitrogens with two attached hydrogens (primary N) is 1. The first-order valence-electron chi connectivity index (χ1n) is 6.92. The van der Waals surface area contributed by atoms with Gasteiger partial charge in [0.1, 0.15) is 5.60 Å². The molecular formula is C16H20N2O2. The molecule has 4 nitrogen and oxygen atoms in total. The van der Waals surface area contributed by atoms with Gasteiger partial charge in [-0.3, -0.25) is 4.57 Å². The Morgan fingerprint density at radius 1 is 1.30 bits per heavy atom. The van der Waals surface area contributed by atoms with E-state index in [0.717, 1.165) is 29.3 Å². The van der Waals surface area contributed by atoms with Crippen LogP contribution < -0.4 is 5.73 Å². The van der Waals surface area contributed by atoms with Crippen molar-refractivity contribution < 1.29 is 9.53 Å². The second-order valence-electron chi connectivity index (χ2n) is 6.60. The second kappa shape index (κ2) is 4.09. The number of ether oxygens (including phenoxy) is 1. The summed E-state index contributed by atoms with van der Waals surface area (Å²) in [6.45, 7) is 5.58. The Balaban J connectivity index is 1.96. The van der Waals surface area contributed by atoms with Crippen molar-refractivity contribution in [1.82, 2.24) is 4.57 Å². The van der Waals surface area contributed by atoms with E-state index in [0.29, 0.717) is 0 Å². The van der Waals surface area contributed by atoms with Crippen molar-refractivity contribution in [2.45, 2.75) is 44.8 Å². The lowest BCUT2D eigenvalue weighted by molar-refractivity contribution is 0.0544. The minimum atomic E-state index is -0.497. The number of fused-ring (bicyclic) bond motifs is 1. The zero-order chi connectivity index (χ0) is 14.5. The van der Waals surface area contributed by atoms with Gasteiger partial charge in [-0.2, -0.15) is 0 Å². The quantitative estimate of drug-likeness (QED) is 0.865. The third-order valence-corrected chi connectivity index (χ3v) is 3.64. The fraction of sp³-hybridized carbons (Fsp3) is 0.438. The van der Waals surface area contributed by atoms with Gasteiger partial charge in [0, 0.05) is 17.1 Å². The molecule has 1 aromatic carbocycles. The lowest BCUT2D eigenvalue weighted by atomic mass is 10.0. The largest absolute Gasteiger partial charge is 0.443 e. The van der Waals surface area contributed by atoms with Crippen LogP contribution in [-0.2, 0) is 10.3 Å². The minimum Gasteiger partial charge on any atom is -0.443 e. The zero-order valence-corrected chi connectivity index (χ0v) is 12.1. The van der Waals surface area contributed by atoms with Gasteiger partial charge in [-0.1, -0.05) is 6.07 Å². The number of benzene rings is 1. The first-order chi connectivity index (χ1) is 9.28. The summed E-state index contributed by atoms with van der Waals surface area (Å²) < 4.78 is 6.94. The van der Waals surface area contributed by atoms with Crippen LogP contribution in [0.2, 0.25) is 0 Å². The molecular weight excluding hydrogens is 252 g/mol. The van der Waals surface area contributed by atoms with Gasteiger partial charge in [0.25, 0.3) is 0 Å². The fourth-order valence-corrected chi connectivity index (χ4v) is 2.35. The van der Waals surface area contributed by atoms with Gasteiger partial charge >= 0.3 is 6.09 Å². The molecule has 4 heteroatoms. The summed E-state index contributed by atoms with van der Waals surface area (Å²) in [6, 6.07) is 7.95. The molecule has 0 aliphatic heterocycles. The van der Waals surface area contributed by atoms with Crippen LogP contribution in [-0.4, -0.2) is 16.3 Å². The molecule has 20 heavy (non-hydrogen) atoms. The van der Waals surface area contributed by atoms with Crippen molar-refractivity contribution in [3.8, 4) is 0 Å². The van der Waals surface area contributed by atoms with E-state index in [2.05, 4.69) is 6.07 Å². The Labute approximate surface area is 118 Å². The maximum absolute atomic E-state index is 12.1. The third-order valence-electron chi connectivity index (χ3n) is 3.64. The van der Waals surface area contributed by atoms with Crippen LogP contribution in [0.3, 0.4) is 0 Å². The van der Waals surface area contributed by atoms with Crippen LogP contribution >= 0.6 is 0 Å². The normalized spacial score (nSPS) is 17.2. The predicted molar refractivity (Wildman–Crippen MR) is 78.7 cm³/mol. The van der Waals surface area contributed by atoms with E-state index in [1.165, 1.54) is 0 Å². The van der Waals surface area contributed by atoms with E-state index in [1.54, 1.807) is 10.8 Å². The van der Waals surface area contributed by atoms with Crippen LogP contribution in [0.25, 0.3) is 10.9 Å². The number of hydrogen-bond donors (Lipinski definition) is 1. The molecule has 2 aromatic rings. The first kappa shape index (κ1) is 13.2. The molecule has 1 aliphatic rings. The standard InChI is InChI=1S/C16H20N2O2/c1-15(2,3)20-14(19)18-9-6-11-10-12(4-5-13(11)18)16(17)7-8-16/h4-6,9-10H,7-8,17H2,1-3H3. The summed E-state index contributed by atoms with van der Waals surface area (Å²) in [4.78, 5) is 12.1. The third kappa shape index (κ3) is 2.31. The van der Waals surface area contributed by atoms with E-state index in [1.807, 2.05) is 39.0 Å². The van der Waals surface area contributed by atoms with E-state index < -0.39 is 5.60 Å². The molecule has 1 heterocycles. The smallest absolute Gasteiger partial charge is 0.418 e. The van der Waals surface area contributed by atoms with Gasteiger partial charge in [0.05, 0.1) is 5.52 Å². The van der Waals surface area contributed by atoms with E-state index in [4.69, 9.17) is 10.5 Å². The highest BCUT2D eigenvalue weighted by atomic mass is 16.6. The van der Waals surface area contributed by atoms with E-state index in [-0.39, 0.29) is 11.6 Å². The highest BCUT2D eigenvalue weighted by molar-refractivity contribution is 5.90. The van der Waals surface area contributed by atoms with Gasteiger partial charge in [-0.25, -0.2) is 4.79 Å². The summed E-state index contributed by atoms with van der Waals surface area (Å²) in [5.41, 5.74) is 7.56. The van der Waals surface area contributed by atoms with Crippen molar-refractivity contribution >= 4 is 17.0 Å². The summed E-state index contributed by atoms with van der Waals surface area (Å²) >= 11 is 0. The van der Waals surface area contributed by atoms with Gasteiger partial charge in [0.15, 0.2) is 0 Å². The van der Waals surface area contributed by atoms with Gasteiger partial charge < -0.3 is 10.5 Å². The van der Waals surface area contributed by atoms with E-state index >= 15 is 0 Å². The minimum absolute atomic E-state index is 0.151. The highest BCUT2D eigenvalue weighted by Crippen LogP contribution is 2.43. The van der Waals surface area contributed by atoms with Crippen LogP contribution in [0, 0.1) is 0 Å². The van der Waals surface area contributed by atoms with Crippen LogP contribution in [0.5, 0.6) is 0 Å². The molecule has 0 bridgehead atoms. The summed E-state index contributed by atoms with van der Waals surface area (Å²) in [5, 5.41) is 1.02. The molecule has 1 saturated carbocycles. The molecule has 1 aromatic heterocycles. The Morgan fingerprint density at radius 3 is 2.60 bits per heavy atom. The van der Waals surface area contributed by atoms with Gasteiger partial charge in [0.2, 0.25) is 0 Å². The lowest BCUT2D eigenvalue weighted by Gasteiger charge is -2.19. The van der Waals surface area contributed by atoms with Crippen LogP contribution in [0.4, 0.5) is 4.79 Å². The monoisotopic (exact) mass is 272 g/mol. The first-order valence-corrected chi connectivity index (χ1v) is 6.92. The number of hydrogen-bond acceptors (Lipinski definition) is 3. The fourth-order valence-electron chi connectivity index (χ4n) is 2.35. The van der Waals surface area contributed by atoms with Crippen molar-refractivity contribution in [2.24, 2.45) is 5.73 Å². The van der Waals surface area contributed by atoms with E-state index in [9.17, 15) is 4.79 Å². The summed E-state index contributed by atoms with van der Waals surface area (Å²) in [6.07, 6.45) is 3.46. The molecule has 1 fully saturated rings. The number of rotatable bonds is 1. The topological polar surface area (TPSA) is 57.2 Å². The Morgan fingerprint density at radius 2 is 2.00 bits per heavy atom. The number of nitrogens with zero attached hydrogens (tertiary/aromatic N) is 1. The van der Waals surface area contributed by atoms with Crippen molar-refractivity contribution in [2.75, 3.05) is 0 Å². The number of aromatic nitrogens is 1. The van der Waals surface area contributed by atoms with Crippen molar-refractivity contribution in [3.63, 3.8) is 0 Å². The van der Waals surface area contributed by atoms with Crippen molar-refractivity contribution in [3.05, 3.63) is 36.0 Å². The molecule has 1 aliphatic carbocycles. The second-order valence-corrected chi connectivity index (χ2v) is 6.60. The molecule has 0 saturated heterocycles. The molecule has 0 spiro atoms. The molecule has 0 unspecified atom stereocenters. The Bertz CT molecular complexity index is 675. The molecule has 2 N–H and O–H groups in total. The summed E-state index contributed by atoms with van der Waals surface area (Å²) in [5.74, 6) is 0. The Kier molecular flexibility index (Phi) is 2.70. The maximum Gasteiger partial charge on any atom is 0.418 e. The molecule has 0 radical (unpaired) electrons. The zero-order valence-electron chi connectivity index (χ0n) is 12.1. The average molecular weight is 272 g/mol. The van der Waals surface area contributed by atoms with Crippen molar-refractivity contribution in [1.29, 1.82) is 0 Å². The van der Waals surface area contributed by atoms with Crippen LogP contribution in [0.15, 0.2) is 30.5 Å². The van der Waals surface area contributed by atoms with Gasteiger partial charge in [-0.05, 0) is 57.4 Å². The van der Waals surface area contributed by atoms with Crippen LogP contribution in [0.1, 0.15) is 39.2 Å². The predicted octanol–water partition coefficient (Wildman–Crippen LogP) is 3.37. The molecule has 3 rings (SSSR count). The summed E-state index contributed by atoms with van der Waals surface area (Å²) in [7, 11) is 0. The Hall–Kier alpha value is -1.81. The van der Waals surface area contributed by atoms with Gasteiger partial charge in [-0.15, -0.1) is 0 Å². The maximum atomic E-state index is 12.1. The highest BCUT2D eigenvalue weighted by Gasteiger charge is 2.40. The molecule has 106 valence electrons. The number of carbonyl (C=O) groups is 1. The lowest BCUT2D eigenvalue weighted by Crippen LogP contribution is -2.26. The average Bonchev–Trinajstić information content (AvgIpc) is 2.95. The SMILES string of the molecule is CC(C)(C)OC(=O)n1ccc2cc(C3(N)CC3)ccc21. The molecule has 0 amide bonds. The molecule has 0 atom stereocenters.